The number of aromatic nitrogens is 1. The van der Waals surface area contributed by atoms with E-state index in [2.05, 4.69) is 21.8 Å². The van der Waals surface area contributed by atoms with Crippen molar-refractivity contribution < 1.29 is 9.50 Å². The first-order valence-corrected chi connectivity index (χ1v) is 5.89. The Kier molecular flexibility index (Phi) is 3.91. The van der Waals surface area contributed by atoms with E-state index in [9.17, 15) is 9.50 Å². The molecule has 0 aromatic carbocycles. The highest BCUT2D eigenvalue weighted by atomic mass is 19.1. The largest absolute Gasteiger partial charge is 0.392 e. The lowest BCUT2D eigenvalue weighted by Gasteiger charge is -2.23. The van der Waals surface area contributed by atoms with Gasteiger partial charge in [-0.3, -0.25) is 0 Å². The smallest absolute Gasteiger partial charge is 0.142 e. The first-order chi connectivity index (χ1) is 8.20. The minimum Gasteiger partial charge on any atom is -0.392 e. The fourth-order valence-electron chi connectivity index (χ4n) is 2.13. The summed E-state index contributed by atoms with van der Waals surface area (Å²) in [5.41, 5.74) is 0.564. The van der Waals surface area contributed by atoms with Crippen LogP contribution in [0.2, 0.25) is 0 Å². The third-order valence-corrected chi connectivity index (χ3v) is 3.10. The number of pyridine rings is 1. The molecule has 0 spiro atoms. The summed E-state index contributed by atoms with van der Waals surface area (Å²) < 4.78 is 13.0. The number of hydrogen-bond acceptors (Lipinski definition) is 4. The lowest BCUT2D eigenvalue weighted by molar-refractivity contribution is 0.281. The molecule has 1 fully saturated rings. The van der Waals surface area contributed by atoms with E-state index in [1.165, 1.54) is 12.3 Å². The van der Waals surface area contributed by atoms with Crippen LogP contribution in [0.1, 0.15) is 12.0 Å². The van der Waals surface area contributed by atoms with Crippen molar-refractivity contribution in [1.29, 1.82) is 0 Å². The van der Waals surface area contributed by atoms with E-state index in [1.54, 1.807) is 0 Å². The molecule has 1 aromatic heterocycles. The van der Waals surface area contributed by atoms with Gasteiger partial charge in [0.05, 0.1) is 12.8 Å². The molecular formula is C12H18FN3O. The van der Waals surface area contributed by atoms with E-state index in [-0.39, 0.29) is 6.61 Å². The Morgan fingerprint density at radius 3 is 2.94 bits per heavy atom. The van der Waals surface area contributed by atoms with E-state index in [0.717, 1.165) is 32.6 Å². The summed E-state index contributed by atoms with van der Waals surface area (Å²) in [7, 11) is 2.09. The second kappa shape index (κ2) is 5.42. The fraction of sp³-hybridized carbons (Fsp3) is 0.583. The highest BCUT2D eigenvalue weighted by Crippen LogP contribution is 2.19. The first kappa shape index (κ1) is 12.3. The van der Waals surface area contributed by atoms with Gasteiger partial charge in [0.1, 0.15) is 11.6 Å². The second-order valence-electron chi connectivity index (χ2n) is 4.44. The molecule has 0 radical (unpaired) electrons. The predicted octanol–water partition coefficient (Wildman–Crippen LogP) is 0.855. The molecule has 94 valence electrons. The van der Waals surface area contributed by atoms with Gasteiger partial charge in [-0.2, -0.15) is 0 Å². The Morgan fingerprint density at radius 2 is 2.18 bits per heavy atom. The number of aliphatic hydroxyl groups is 1. The summed E-state index contributed by atoms with van der Waals surface area (Å²) in [5.74, 6) is 0.314. The monoisotopic (exact) mass is 239 g/mol. The Labute approximate surface area is 101 Å². The quantitative estimate of drug-likeness (QED) is 0.830. The van der Waals surface area contributed by atoms with Gasteiger partial charge in [0, 0.05) is 25.2 Å². The highest BCUT2D eigenvalue weighted by molar-refractivity contribution is 5.46. The third kappa shape index (κ3) is 2.92. The van der Waals surface area contributed by atoms with Gasteiger partial charge < -0.3 is 14.9 Å². The molecule has 17 heavy (non-hydrogen) atoms. The van der Waals surface area contributed by atoms with Crippen LogP contribution < -0.4 is 4.90 Å². The molecule has 2 rings (SSSR count). The summed E-state index contributed by atoms with van der Waals surface area (Å²) in [6, 6.07) is 1.36. The molecule has 2 heterocycles. The van der Waals surface area contributed by atoms with Crippen molar-refractivity contribution in [3.63, 3.8) is 0 Å². The van der Waals surface area contributed by atoms with Crippen molar-refractivity contribution in [2.24, 2.45) is 0 Å². The van der Waals surface area contributed by atoms with Crippen molar-refractivity contribution in [1.82, 2.24) is 9.88 Å². The van der Waals surface area contributed by atoms with E-state index < -0.39 is 5.82 Å². The Bertz CT molecular complexity index is 386. The number of anilines is 1. The van der Waals surface area contributed by atoms with Crippen LogP contribution in [0.4, 0.5) is 10.2 Å². The molecule has 0 amide bonds. The average Bonchev–Trinajstić information content (AvgIpc) is 2.54. The zero-order chi connectivity index (χ0) is 12.3. The van der Waals surface area contributed by atoms with Gasteiger partial charge >= 0.3 is 0 Å². The number of hydrogen-bond donors (Lipinski definition) is 1. The van der Waals surface area contributed by atoms with Gasteiger partial charge in [0.15, 0.2) is 0 Å². The molecule has 1 aliphatic heterocycles. The van der Waals surface area contributed by atoms with Crippen LogP contribution in [0.25, 0.3) is 0 Å². The van der Waals surface area contributed by atoms with E-state index in [0.29, 0.717) is 11.4 Å². The number of likely N-dealkylation sites (N-methyl/N-ethyl adjacent to an activating group) is 1. The Morgan fingerprint density at radius 1 is 1.35 bits per heavy atom. The lowest BCUT2D eigenvalue weighted by Crippen LogP contribution is -2.30. The molecule has 0 aliphatic carbocycles. The standard InChI is InChI=1S/C12H18FN3O/c1-15-3-2-4-16(6-5-15)12-10(9-17)7-11(13)8-14-12/h7-8,17H,2-6,9H2,1H3. The summed E-state index contributed by atoms with van der Waals surface area (Å²) in [5, 5.41) is 9.25. The maximum absolute atomic E-state index is 13.0. The van der Waals surface area contributed by atoms with Crippen molar-refractivity contribution in [3.05, 3.63) is 23.6 Å². The fourth-order valence-corrected chi connectivity index (χ4v) is 2.13. The Balaban J connectivity index is 2.20. The summed E-state index contributed by atoms with van der Waals surface area (Å²) in [6.45, 7) is 3.61. The van der Waals surface area contributed by atoms with Crippen molar-refractivity contribution in [2.45, 2.75) is 13.0 Å². The number of aliphatic hydroxyl groups excluding tert-OH is 1. The van der Waals surface area contributed by atoms with Gasteiger partial charge in [-0.05, 0) is 26.1 Å². The predicted molar refractivity (Wildman–Crippen MR) is 64.4 cm³/mol. The van der Waals surface area contributed by atoms with E-state index in [4.69, 9.17) is 0 Å². The van der Waals surface area contributed by atoms with Gasteiger partial charge in [-0.15, -0.1) is 0 Å². The van der Waals surface area contributed by atoms with Crippen molar-refractivity contribution in [2.75, 3.05) is 38.1 Å². The van der Waals surface area contributed by atoms with Crippen LogP contribution in [0.15, 0.2) is 12.3 Å². The maximum atomic E-state index is 13.0. The minimum absolute atomic E-state index is 0.174. The van der Waals surface area contributed by atoms with Gasteiger partial charge in [-0.1, -0.05) is 0 Å². The summed E-state index contributed by atoms with van der Waals surface area (Å²) >= 11 is 0. The van der Waals surface area contributed by atoms with Gasteiger partial charge in [0.25, 0.3) is 0 Å². The van der Waals surface area contributed by atoms with Crippen LogP contribution in [-0.2, 0) is 6.61 Å². The molecule has 0 atom stereocenters. The molecule has 0 bridgehead atoms. The molecule has 1 N–H and O–H groups in total. The molecule has 1 aromatic rings. The topological polar surface area (TPSA) is 39.6 Å². The third-order valence-electron chi connectivity index (χ3n) is 3.10. The molecule has 5 heteroatoms. The number of rotatable bonds is 2. The Hall–Kier alpha value is -1.20. The highest BCUT2D eigenvalue weighted by Gasteiger charge is 2.16. The zero-order valence-electron chi connectivity index (χ0n) is 10.1. The number of halogens is 1. The normalized spacial score (nSPS) is 18.2. The summed E-state index contributed by atoms with van der Waals surface area (Å²) in [4.78, 5) is 8.50. The maximum Gasteiger partial charge on any atom is 0.142 e. The summed E-state index contributed by atoms with van der Waals surface area (Å²) in [6.07, 6.45) is 2.27. The van der Waals surface area contributed by atoms with Crippen LogP contribution in [0, 0.1) is 5.82 Å². The molecule has 0 saturated carbocycles. The first-order valence-electron chi connectivity index (χ1n) is 5.89. The lowest BCUT2D eigenvalue weighted by atomic mass is 10.2. The molecule has 0 unspecified atom stereocenters. The zero-order valence-corrected chi connectivity index (χ0v) is 10.1. The van der Waals surface area contributed by atoms with Gasteiger partial charge in [0.2, 0.25) is 0 Å². The molecule has 1 saturated heterocycles. The molecule has 4 nitrogen and oxygen atoms in total. The van der Waals surface area contributed by atoms with Crippen LogP contribution in [0.3, 0.4) is 0 Å². The van der Waals surface area contributed by atoms with E-state index >= 15 is 0 Å². The van der Waals surface area contributed by atoms with Crippen molar-refractivity contribution in [3.8, 4) is 0 Å². The molecular weight excluding hydrogens is 221 g/mol. The second-order valence-corrected chi connectivity index (χ2v) is 4.44. The SMILES string of the molecule is CN1CCCN(c2ncc(F)cc2CO)CC1. The van der Waals surface area contributed by atoms with Crippen molar-refractivity contribution >= 4 is 5.82 Å². The van der Waals surface area contributed by atoms with E-state index in [1.807, 2.05) is 0 Å². The van der Waals surface area contributed by atoms with Crippen LogP contribution in [-0.4, -0.2) is 48.2 Å². The van der Waals surface area contributed by atoms with Crippen LogP contribution >= 0.6 is 0 Å². The molecule has 1 aliphatic rings. The van der Waals surface area contributed by atoms with Gasteiger partial charge in [-0.25, -0.2) is 9.37 Å². The minimum atomic E-state index is -0.398. The van der Waals surface area contributed by atoms with Crippen LogP contribution in [0.5, 0.6) is 0 Å². The number of nitrogens with zero attached hydrogens (tertiary/aromatic N) is 3. The average molecular weight is 239 g/mol.